The van der Waals surface area contributed by atoms with Gasteiger partial charge in [-0.3, -0.25) is 0 Å². The Balaban J connectivity index is 2.31. The molecule has 5 nitrogen and oxygen atoms in total. The van der Waals surface area contributed by atoms with Crippen molar-refractivity contribution in [1.82, 2.24) is 9.62 Å². The molecule has 1 aliphatic heterocycles. The van der Waals surface area contributed by atoms with Gasteiger partial charge in [0.15, 0.2) is 0 Å². The third-order valence-corrected chi connectivity index (χ3v) is 5.11. The number of nitrogens with zero attached hydrogens (tertiary/aromatic N) is 1. The van der Waals surface area contributed by atoms with Gasteiger partial charge < -0.3 is 10.1 Å². The minimum absolute atomic E-state index is 0.187. The van der Waals surface area contributed by atoms with Gasteiger partial charge in [0, 0.05) is 33.4 Å². The first-order valence-electron chi connectivity index (χ1n) is 6.78. The van der Waals surface area contributed by atoms with Crippen molar-refractivity contribution in [2.75, 3.05) is 45.6 Å². The highest BCUT2D eigenvalue weighted by molar-refractivity contribution is 7.89. The number of hydrogen-bond donors (Lipinski definition) is 1. The van der Waals surface area contributed by atoms with E-state index in [9.17, 15) is 8.42 Å². The average molecular weight is 278 g/mol. The Morgan fingerprint density at radius 3 is 2.56 bits per heavy atom. The fraction of sp³-hybridized carbons (Fsp3) is 1.00. The van der Waals surface area contributed by atoms with Crippen LogP contribution in [0.3, 0.4) is 0 Å². The molecular formula is C12H26N2O3S. The summed E-state index contributed by atoms with van der Waals surface area (Å²) in [6.07, 6.45) is 2.96. The fourth-order valence-electron chi connectivity index (χ4n) is 2.06. The summed E-state index contributed by atoms with van der Waals surface area (Å²) in [6.45, 7) is 5.62. The molecule has 18 heavy (non-hydrogen) atoms. The lowest BCUT2D eigenvalue weighted by Gasteiger charge is -2.26. The molecule has 1 rings (SSSR count). The highest BCUT2D eigenvalue weighted by Gasteiger charge is 2.22. The lowest BCUT2D eigenvalue weighted by Crippen LogP contribution is -2.38. The molecule has 6 heteroatoms. The highest BCUT2D eigenvalue weighted by Crippen LogP contribution is 2.16. The van der Waals surface area contributed by atoms with Crippen molar-refractivity contribution in [3.05, 3.63) is 0 Å². The van der Waals surface area contributed by atoms with E-state index in [0.29, 0.717) is 19.0 Å². The third-order valence-electron chi connectivity index (χ3n) is 3.29. The number of hydrogen-bond acceptors (Lipinski definition) is 4. The van der Waals surface area contributed by atoms with Gasteiger partial charge in [0.1, 0.15) is 0 Å². The smallest absolute Gasteiger partial charge is 0.215 e. The molecule has 0 amide bonds. The maximum absolute atomic E-state index is 12.0. The predicted octanol–water partition coefficient (Wildman–Crippen LogP) is 0.674. The van der Waals surface area contributed by atoms with Crippen LogP contribution < -0.4 is 5.32 Å². The highest BCUT2D eigenvalue weighted by atomic mass is 32.2. The minimum Gasteiger partial charge on any atom is -0.381 e. The van der Waals surface area contributed by atoms with Gasteiger partial charge in [-0.15, -0.1) is 0 Å². The van der Waals surface area contributed by atoms with E-state index < -0.39 is 10.0 Å². The van der Waals surface area contributed by atoms with Gasteiger partial charge in [-0.2, -0.15) is 0 Å². The second-order valence-electron chi connectivity index (χ2n) is 4.90. The second kappa shape index (κ2) is 8.09. The molecule has 0 atom stereocenters. The molecule has 0 saturated carbocycles. The van der Waals surface area contributed by atoms with Crippen LogP contribution in [-0.4, -0.2) is 58.4 Å². The van der Waals surface area contributed by atoms with Crippen LogP contribution in [0.2, 0.25) is 0 Å². The van der Waals surface area contributed by atoms with Crippen molar-refractivity contribution in [2.45, 2.75) is 26.2 Å². The summed E-state index contributed by atoms with van der Waals surface area (Å²) in [7, 11) is -1.42. The molecule has 0 aliphatic carbocycles. The zero-order chi connectivity index (χ0) is 13.4. The van der Waals surface area contributed by atoms with E-state index in [2.05, 4.69) is 12.2 Å². The van der Waals surface area contributed by atoms with Crippen LogP contribution in [0.15, 0.2) is 0 Å². The standard InChI is InChI=1S/C12H26N2O3S/c1-3-6-13-7-10-18(15,16)14(2)11-12-4-8-17-9-5-12/h12-13H,3-11H2,1-2H3. The van der Waals surface area contributed by atoms with Gasteiger partial charge in [0.2, 0.25) is 10.0 Å². The Kier molecular flexibility index (Phi) is 7.14. The zero-order valence-electron chi connectivity index (χ0n) is 11.5. The topological polar surface area (TPSA) is 58.6 Å². The Bertz CT molecular complexity index is 313. The Hall–Kier alpha value is -0.170. The first-order chi connectivity index (χ1) is 8.56. The van der Waals surface area contributed by atoms with Gasteiger partial charge in [0.05, 0.1) is 5.75 Å². The molecule has 0 aromatic rings. The summed E-state index contributed by atoms with van der Waals surface area (Å²) in [4.78, 5) is 0. The van der Waals surface area contributed by atoms with Crippen molar-refractivity contribution in [2.24, 2.45) is 5.92 Å². The monoisotopic (exact) mass is 278 g/mol. The van der Waals surface area contributed by atoms with Crippen molar-refractivity contribution in [3.63, 3.8) is 0 Å². The van der Waals surface area contributed by atoms with E-state index in [-0.39, 0.29) is 5.75 Å². The number of nitrogens with one attached hydrogen (secondary N) is 1. The van der Waals surface area contributed by atoms with E-state index >= 15 is 0 Å². The molecule has 0 bridgehead atoms. The molecule has 108 valence electrons. The quantitative estimate of drug-likeness (QED) is 0.663. The molecule has 0 unspecified atom stereocenters. The summed E-state index contributed by atoms with van der Waals surface area (Å²) < 4.78 is 30.8. The van der Waals surface area contributed by atoms with Gasteiger partial charge in [-0.1, -0.05) is 6.92 Å². The predicted molar refractivity (Wildman–Crippen MR) is 73.1 cm³/mol. The first kappa shape index (κ1) is 15.9. The minimum atomic E-state index is -3.11. The fourth-order valence-corrected chi connectivity index (χ4v) is 3.22. The van der Waals surface area contributed by atoms with Gasteiger partial charge in [-0.05, 0) is 31.7 Å². The van der Waals surface area contributed by atoms with Crippen LogP contribution in [0.1, 0.15) is 26.2 Å². The second-order valence-corrected chi connectivity index (χ2v) is 7.10. The van der Waals surface area contributed by atoms with Gasteiger partial charge in [0.25, 0.3) is 0 Å². The van der Waals surface area contributed by atoms with Crippen molar-refractivity contribution < 1.29 is 13.2 Å². The van der Waals surface area contributed by atoms with Crippen LogP contribution >= 0.6 is 0 Å². The molecule has 0 radical (unpaired) electrons. The number of sulfonamides is 1. The molecule has 1 N–H and O–H groups in total. The number of rotatable bonds is 8. The normalized spacial score (nSPS) is 18.4. The molecule has 0 aromatic carbocycles. The van der Waals surface area contributed by atoms with Crippen molar-refractivity contribution in [1.29, 1.82) is 0 Å². The van der Waals surface area contributed by atoms with Gasteiger partial charge >= 0.3 is 0 Å². The maximum Gasteiger partial charge on any atom is 0.215 e. The molecule has 1 saturated heterocycles. The molecule has 0 spiro atoms. The van der Waals surface area contributed by atoms with Crippen LogP contribution in [0.25, 0.3) is 0 Å². The summed E-state index contributed by atoms with van der Waals surface area (Å²) in [6, 6.07) is 0. The van der Waals surface area contributed by atoms with Crippen LogP contribution in [0.4, 0.5) is 0 Å². The Labute approximate surface area is 111 Å². The van der Waals surface area contributed by atoms with Crippen LogP contribution in [0.5, 0.6) is 0 Å². The first-order valence-corrected chi connectivity index (χ1v) is 8.39. The average Bonchev–Trinajstić information content (AvgIpc) is 2.36. The Morgan fingerprint density at radius 2 is 1.94 bits per heavy atom. The molecule has 1 fully saturated rings. The Morgan fingerprint density at radius 1 is 1.28 bits per heavy atom. The van der Waals surface area contributed by atoms with E-state index in [4.69, 9.17) is 4.74 Å². The summed E-state index contributed by atoms with van der Waals surface area (Å²) in [5.74, 6) is 0.634. The molecule has 0 aromatic heterocycles. The zero-order valence-corrected chi connectivity index (χ0v) is 12.3. The molecular weight excluding hydrogens is 252 g/mol. The van der Waals surface area contributed by atoms with Crippen LogP contribution in [-0.2, 0) is 14.8 Å². The van der Waals surface area contributed by atoms with Gasteiger partial charge in [-0.25, -0.2) is 12.7 Å². The lowest BCUT2D eigenvalue weighted by molar-refractivity contribution is 0.0620. The maximum atomic E-state index is 12.0. The van der Waals surface area contributed by atoms with E-state index in [1.54, 1.807) is 7.05 Å². The summed E-state index contributed by atoms with van der Waals surface area (Å²) in [5.41, 5.74) is 0. The lowest BCUT2D eigenvalue weighted by atomic mass is 10.0. The number of ether oxygens (including phenoxy) is 1. The largest absolute Gasteiger partial charge is 0.381 e. The third kappa shape index (κ3) is 5.65. The molecule has 1 aliphatic rings. The molecule has 1 heterocycles. The SMILES string of the molecule is CCCNCCS(=O)(=O)N(C)CC1CCOCC1. The van der Waals surface area contributed by atoms with E-state index in [1.807, 2.05) is 0 Å². The summed E-state index contributed by atoms with van der Waals surface area (Å²) >= 11 is 0. The van der Waals surface area contributed by atoms with E-state index in [1.165, 1.54) is 4.31 Å². The van der Waals surface area contributed by atoms with Crippen LogP contribution in [0, 0.1) is 5.92 Å². The van der Waals surface area contributed by atoms with Crippen molar-refractivity contribution in [3.8, 4) is 0 Å². The van der Waals surface area contributed by atoms with Crippen molar-refractivity contribution >= 4 is 10.0 Å². The van der Waals surface area contributed by atoms with E-state index in [0.717, 1.165) is 39.0 Å². The summed E-state index contributed by atoms with van der Waals surface area (Å²) in [5, 5.41) is 3.12.